The van der Waals surface area contributed by atoms with Crippen LogP contribution in [0.25, 0.3) is 22.4 Å². The van der Waals surface area contributed by atoms with Gasteiger partial charge in [-0.2, -0.15) is 8.42 Å². The van der Waals surface area contributed by atoms with Gasteiger partial charge in [0.1, 0.15) is 11.6 Å². The van der Waals surface area contributed by atoms with Crippen LogP contribution in [0.1, 0.15) is 0 Å². The number of hydrogen-bond acceptors (Lipinski definition) is 4. The van der Waals surface area contributed by atoms with E-state index in [1.54, 1.807) is 13.2 Å². The quantitative estimate of drug-likeness (QED) is 0.725. The van der Waals surface area contributed by atoms with Gasteiger partial charge in [-0.25, -0.2) is 4.98 Å². The van der Waals surface area contributed by atoms with Crippen LogP contribution in [0.5, 0.6) is 5.75 Å². The van der Waals surface area contributed by atoms with Gasteiger partial charge in [-0.05, 0) is 42.5 Å². The highest BCUT2D eigenvalue weighted by molar-refractivity contribution is 7.85. The van der Waals surface area contributed by atoms with Crippen molar-refractivity contribution >= 4 is 21.2 Å². The highest BCUT2D eigenvalue weighted by Crippen LogP contribution is 2.24. The van der Waals surface area contributed by atoms with Crippen molar-refractivity contribution in [2.24, 2.45) is 0 Å². The summed E-state index contributed by atoms with van der Waals surface area (Å²) in [6, 6.07) is 11.5. The summed E-state index contributed by atoms with van der Waals surface area (Å²) in [5.74, 6) is 1.35. The topological polar surface area (TPSA) is 92.3 Å². The SMILES string of the molecule is COc1ccc(-c2nc3ccc(S(=O)(=O)O)cc3[nH]2)cc1. The number of fused-ring (bicyclic) bond motifs is 1. The van der Waals surface area contributed by atoms with Gasteiger partial charge < -0.3 is 9.72 Å². The number of nitrogens with zero attached hydrogens (tertiary/aromatic N) is 1. The smallest absolute Gasteiger partial charge is 0.294 e. The Balaban J connectivity index is 2.08. The number of aromatic nitrogens is 2. The highest BCUT2D eigenvalue weighted by atomic mass is 32.2. The first-order chi connectivity index (χ1) is 9.97. The molecule has 1 heterocycles. The van der Waals surface area contributed by atoms with Crippen LogP contribution in [0.4, 0.5) is 0 Å². The molecule has 0 amide bonds. The summed E-state index contributed by atoms with van der Waals surface area (Å²) < 4.78 is 36.4. The molecule has 0 aliphatic heterocycles. The maximum absolute atomic E-state index is 11.1. The molecule has 21 heavy (non-hydrogen) atoms. The van der Waals surface area contributed by atoms with Gasteiger partial charge >= 0.3 is 0 Å². The summed E-state index contributed by atoms with van der Waals surface area (Å²) in [6.07, 6.45) is 0. The standard InChI is InChI=1S/C14H12N2O4S/c1-20-10-4-2-9(3-5-10)14-15-12-7-6-11(21(17,18)19)8-13(12)16-14/h2-8H,1H3,(H,15,16)(H,17,18,19). The Kier molecular flexibility index (Phi) is 3.15. The van der Waals surface area contributed by atoms with E-state index in [2.05, 4.69) is 9.97 Å². The van der Waals surface area contributed by atoms with E-state index in [0.29, 0.717) is 16.9 Å². The minimum Gasteiger partial charge on any atom is -0.497 e. The lowest BCUT2D eigenvalue weighted by Crippen LogP contribution is -1.97. The summed E-state index contributed by atoms with van der Waals surface area (Å²) in [5.41, 5.74) is 2.00. The van der Waals surface area contributed by atoms with Crippen LogP contribution in [0.3, 0.4) is 0 Å². The molecule has 1 aromatic heterocycles. The third-order valence-corrected chi connectivity index (χ3v) is 3.96. The molecular weight excluding hydrogens is 292 g/mol. The molecule has 7 heteroatoms. The van der Waals surface area contributed by atoms with Crippen molar-refractivity contribution in [3.05, 3.63) is 42.5 Å². The summed E-state index contributed by atoms with van der Waals surface area (Å²) >= 11 is 0. The number of methoxy groups -OCH3 is 1. The Morgan fingerprint density at radius 2 is 1.86 bits per heavy atom. The van der Waals surface area contributed by atoms with E-state index < -0.39 is 10.1 Å². The maximum Gasteiger partial charge on any atom is 0.294 e. The minimum atomic E-state index is -4.22. The predicted octanol–water partition coefficient (Wildman–Crippen LogP) is 2.49. The molecule has 3 rings (SSSR count). The van der Waals surface area contributed by atoms with Crippen molar-refractivity contribution in [3.8, 4) is 17.1 Å². The number of aromatic amines is 1. The molecule has 0 spiro atoms. The van der Waals surface area contributed by atoms with Gasteiger partial charge in [0.25, 0.3) is 10.1 Å². The third kappa shape index (κ3) is 2.61. The van der Waals surface area contributed by atoms with Gasteiger partial charge in [0.2, 0.25) is 0 Å². The van der Waals surface area contributed by atoms with Gasteiger partial charge in [-0.3, -0.25) is 4.55 Å². The largest absolute Gasteiger partial charge is 0.497 e. The second kappa shape index (κ2) is 4.87. The van der Waals surface area contributed by atoms with Gasteiger partial charge in [0.05, 0.1) is 23.0 Å². The number of nitrogens with one attached hydrogen (secondary N) is 1. The van der Waals surface area contributed by atoms with Crippen LogP contribution >= 0.6 is 0 Å². The lowest BCUT2D eigenvalue weighted by Gasteiger charge is -2.00. The molecular formula is C14H12N2O4S. The minimum absolute atomic E-state index is 0.167. The van der Waals surface area contributed by atoms with E-state index in [4.69, 9.17) is 9.29 Å². The van der Waals surface area contributed by atoms with Gasteiger partial charge in [0, 0.05) is 5.56 Å². The Morgan fingerprint density at radius 1 is 1.14 bits per heavy atom. The Morgan fingerprint density at radius 3 is 2.48 bits per heavy atom. The fourth-order valence-electron chi connectivity index (χ4n) is 2.03. The Hall–Kier alpha value is -2.38. The third-order valence-electron chi connectivity index (χ3n) is 3.11. The molecule has 3 aromatic rings. The number of benzene rings is 2. The molecule has 108 valence electrons. The van der Waals surface area contributed by atoms with E-state index in [-0.39, 0.29) is 4.90 Å². The van der Waals surface area contributed by atoms with Crippen molar-refractivity contribution in [1.82, 2.24) is 9.97 Å². The predicted molar refractivity (Wildman–Crippen MR) is 77.9 cm³/mol. The van der Waals surface area contributed by atoms with Gasteiger partial charge in [-0.15, -0.1) is 0 Å². The van der Waals surface area contributed by atoms with Crippen LogP contribution in [-0.4, -0.2) is 30.0 Å². The molecule has 0 fully saturated rings. The van der Waals surface area contributed by atoms with E-state index in [1.165, 1.54) is 12.1 Å². The highest BCUT2D eigenvalue weighted by Gasteiger charge is 2.12. The second-order valence-corrected chi connectivity index (χ2v) is 5.89. The molecule has 0 aliphatic carbocycles. The zero-order chi connectivity index (χ0) is 15.0. The van der Waals surface area contributed by atoms with Crippen LogP contribution in [0, 0.1) is 0 Å². The molecule has 2 aromatic carbocycles. The summed E-state index contributed by atoms with van der Waals surface area (Å²) in [6.45, 7) is 0. The maximum atomic E-state index is 11.1. The number of imidazole rings is 1. The fourth-order valence-corrected chi connectivity index (χ4v) is 2.54. The number of hydrogen-bond donors (Lipinski definition) is 2. The van der Waals surface area contributed by atoms with E-state index >= 15 is 0 Å². The number of rotatable bonds is 3. The summed E-state index contributed by atoms with van der Waals surface area (Å²) in [5, 5.41) is 0. The molecule has 0 saturated heterocycles. The van der Waals surface area contributed by atoms with Crippen LogP contribution in [0.15, 0.2) is 47.4 Å². The van der Waals surface area contributed by atoms with E-state index in [0.717, 1.165) is 11.3 Å². The molecule has 0 radical (unpaired) electrons. The Labute approximate surface area is 121 Å². The van der Waals surface area contributed by atoms with Crippen LogP contribution < -0.4 is 4.74 Å². The first kappa shape index (κ1) is 13.6. The molecule has 6 nitrogen and oxygen atoms in total. The van der Waals surface area contributed by atoms with Crippen molar-refractivity contribution in [3.63, 3.8) is 0 Å². The lowest BCUT2D eigenvalue weighted by molar-refractivity contribution is 0.415. The zero-order valence-electron chi connectivity index (χ0n) is 11.1. The average Bonchev–Trinajstić information content (AvgIpc) is 2.89. The van der Waals surface area contributed by atoms with Crippen molar-refractivity contribution in [2.75, 3.05) is 7.11 Å². The molecule has 0 unspecified atom stereocenters. The fraction of sp³-hybridized carbons (Fsp3) is 0.0714. The first-order valence-corrected chi connectivity index (χ1v) is 7.53. The molecule has 0 bridgehead atoms. The van der Waals surface area contributed by atoms with Gasteiger partial charge in [0.15, 0.2) is 0 Å². The van der Waals surface area contributed by atoms with Crippen molar-refractivity contribution < 1.29 is 17.7 Å². The number of ether oxygens (including phenoxy) is 1. The first-order valence-electron chi connectivity index (χ1n) is 6.09. The monoisotopic (exact) mass is 304 g/mol. The van der Waals surface area contributed by atoms with Crippen molar-refractivity contribution in [2.45, 2.75) is 4.90 Å². The average molecular weight is 304 g/mol. The van der Waals surface area contributed by atoms with Crippen LogP contribution in [-0.2, 0) is 10.1 Å². The number of H-pyrrole nitrogens is 1. The lowest BCUT2D eigenvalue weighted by atomic mass is 10.2. The molecule has 0 atom stereocenters. The molecule has 0 saturated carbocycles. The zero-order valence-corrected chi connectivity index (χ0v) is 11.9. The van der Waals surface area contributed by atoms with Gasteiger partial charge in [-0.1, -0.05) is 0 Å². The van der Waals surface area contributed by atoms with E-state index in [9.17, 15) is 8.42 Å². The molecule has 0 aliphatic rings. The van der Waals surface area contributed by atoms with Crippen LogP contribution in [0.2, 0.25) is 0 Å². The summed E-state index contributed by atoms with van der Waals surface area (Å²) in [7, 11) is -2.63. The summed E-state index contributed by atoms with van der Waals surface area (Å²) in [4.78, 5) is 7.26. The van der Waals surface area contributed by atoms with E-state index in [1.807, 2.05) is 24.3 Å². The second-order valence-electron chi connectivity index (χ2n) is 4.47. The molecule has 2 N–H and O–H groups in total. The normalized spacial score (nSPS) is 11.7. The van der Waals surface area contributed by atoms with Crippen molar-refractivity contribution in [1.29, 1.82) is 0 Å². The Bertz CT molecular complexity index is 898.